The van der Waals surface area contributed by atoms with Crippen molar-refractivity contribution in [2.75, 3.05) is 19.6 Å². The van der Waals surface area contributed by atoms with Crippen LogP contribution in [-0.2, 0) is 16.0 Å². The molecule has 0 aromatic heterocycles. The molecule has 0 spiro atoms. The minimum Gasteiger partial charge on any atom is -0.354 e. The van der Waals surface area contributed by atoms with Crippen molar-refractivity contribution in [1.82, 2.24) is 15.1 Å². The van der Waals surface area contributed by atoms with Gasteiger partial charge in [-0.2, -0.15) is 0 Å². The molecule has 7 nitrogen and oxygen atoms in total. The van der Waals surface area contributed by atoms with Crippen LogP contribution in [0.4, 0.5) is 0 Å². The number of nitrogens with zero attached hydrogens (tertiary/aromatic N) is 2. The highest BCUT2D eigenvalue weighted by Gasteiger charge is 2.35. The zero-order valence-electron chi connectivity index (χ0n) is 20.0. The minimum absolute atomic E-state index is 0.148. The summed E-state index contributed by atoms with van der Waals surface area (Å²) in [6.07, 6.45) is 2.99. The average Bonchev–Trinajstić information content (AvgIpc) is 3.09. The lowest BCUT2D eigenvalue weighted by molar-refractivity contribution is -0.140. The average molecular weight is 464 g/mol. The van der Waals surface area contributed by atoms with Crippen LogP contribution in [0.3, 0.4) is 0 Å². The van der Waals surface area contributed by atoms with E-state index in [9.17, 15) is 19.2 Å². The summed E-state index contributed by atoms with van der Waals surface area (Å²) in [4.78, 5) is 53.7. The van der Waals surface area contributed by atoms with Gasteiger partial charge in [-0.1, -0.05) is 55.8 Å². The topological polar surface area (TPSA) is 86.8 Å². The number of fused-ring (bicyclic) bond motifs is 1. The highest BCUT2D eigenvalue weighted by molar-refractivity contribution is 6.21. The van der Waals surface area contributed by atoms with Crippen LogP contribution in [0, 0.1) is 0 Å². The molecule has 2 aromatic rings. The fraction of sp³-hybridized carbons (Fsp3) is 0.407. The van der Waals surface area contributed by atoms with Gasteiger partial charge in [-0.3, -0.25) is 24.1 Å². The third-order valence-electron chi connectivity index (χ3n) is 6.13. The number of carbonyl (C=O) groups excluding carboxylic acids is 4. The largest absolute Gasteiger partial charge is 0.354 e. The van der Waals surface area contributed by atoms with Crippen LogP contribution < -0.4 is 5.32 Å². The van der Waals surface area contributed by atoms with Crippen LogP contribution in [0.1, 0.15) is 65.8 Å². The molecule has 7 heteroatoms. The molecule has 0 bridgehead atoms. The van der Waals surface area contributed by atoms with E-state index >= 15 is 0 Å². The number of carbonyl (C=O) groups is 4. The van der Waals surface area contributed by atoms with E-state index in [0.29, 0.717) is 37.1 Å². The summed E-state index contributed by atoms with van der Waals surface area (Å²) >= 11 is 0. The van der Waals surface area contributed by atoms with Crippen LogP contribution >= 0.6 is 0 Å². The van der Waals surface area contributed by atoms with Crippen molar-refractivity contribution in [1.29, 1.82) is 0 Å². The van der Waals surface area contributed by atoms with Gasteiger partial charge < -0.3 is 10.2 Å². The summed E-state index contributed by atoms with van der Waals surface area (Å²) < 4.78 is 0. The van der Waals surface area contributed by atoms with Crippen molar-refractivity contribution in [3.63, 3.8) is 0 Å². The van der Waals surface area contributed by atoms with E-state index in [1.165, 1.54) is 4.90 Å². The monoisotopic (exact) mass is 463 g/mol. The Kier molecular flexibility index (Phi) is 8.96. The van der Waals surface area contributed by atoms with E-state index in [2.05, 4.69) is 12.2 Å². The van der Waals surface area contributed by atoms with Crippen LogP contribution in [0.2, 0.25) is 0 Å². The number of rotatable bonds is 12. The van der Waals surface area contributed by atoms with E-state index in [4.69, 9.17) is 0 Å². The molecule has 34 heavy (non-hydrogen) atoms. The Morgan fingerprint density at radius 3 is 2.18 bits per heavy atom. The van der Waals surface area contributed by atoms with E-state index in [-0.39, 0.29) is 36.6 Å². The molecule has 0 radical (unpaired) electrons. The van der Waals surface area contributed by atoms with E-state index in [1.54, 1.807) is 36.1 Å². The zero-order valence-corrected chi connectivity index (χ0v) is 20.0. The van der Waals surface area contributed by atoms with Gasteiger partial charge in [0, 0.05) is 26.1 Å². The minimum atomic E-state index is -0.604. The van der Waals surface area contributed by atoms with Gasteiger partial charge in [0.25, 0.3) is 11.8 Å². The molecule has 0 saturated heterocycles. The lowest BCUT2D eigenvalue weighted by Gasteiger charge is -2.29. The van der Waals surface area contributed by atoms with Gasteiger partial charge in [-0.05, 0) is 43.9 Å². The number of hydrogen-bond donors (Lipinski definition) is 1. The SMILES string of the molecule is CCCCNC(=O)C(C)N(CCc1ccccc1)C(=O)CCCN1C(=O)c2ccccc2C1=O. The second kappa shape index (κ2) is 12.1. The number of hydrogen-bond acceptors (Lipinski definition) is 4. The zero-order chi connectivity index (χ0) is 24.5. The maximum atomic E-state index is 13.2. The molecule has 1 aliphatic heterocycles. The predicted octanol–water partition coefficient (Wildman–Crippen LogP) is 3.44. The Bertz CT molecular complexity index is 987. The summed E-state index contributed by atoms with van der Waals surface area (Å²) in [6, 6.07) is 16.0. The maximum absolute atomic E-state index is 13.2. The van der Waals surface area contributed by atoms with Crippen LogP contribution in [-0.4, -0.2) is 59.1 Å². The fourth-order valence-electron chi connectivity index (χ4n) is 4.08. The van der Waals surface area contributed by atoms with Crippen molar-refractivity contribution in [2.45, 2.75) is 52.0 Å². The Morgan fingerprint density at radius 1 is 0.941 bits per heavy atom. The van der Waals surface area contributed by atoms with Crippen molar-refractivity contribution >= 4 is 23.6 Å². The second-order valence-corrected chi connectivity index (χ2v) is 8.55. The third kappa shape index (κ3) is 6.10. The molecule has 0 aliphatic carbocycles. The van der Waals surface area contributed by atoms with Gasteiger partial charge in [0.1, 0.15) is 6.04 Å². The molecule has 0 fully saturated rings. The lowest BCUT2D eigenvalue weighted by Crippen LogP contribution is -2.49. The van der Waals surface area contributed by atoms with Crippen LogP contribution in [0.15, 0.2) is 54.6 Å². The molecule has 4 amide bonds. The van der Waals surface area contributed by atoms with Crippen molar-refractivity contribution < 1.29 is 19.2 Å². The van der Waals surface area contributed by atoms with Crippen LogP contribution in [0.25, 0.3) is 0 Å². The molecule has 1 heterocycles. The first kappa shape index (κ1) is 25.1. The van der Waals surface area contributed by atoms with Crippen molar-refractivity contribution in [2.24, 2.45) is 0 Å². The van der Waals surface area contributed by atoms with E-state index in [0.717, 1.165) is 18.4 Å². The molecule has 1 atom stereocenters. The summed E-state index contributed by atoms with van der Waals surface area (Å²) in [7, 11) is 0. The normalized spacial score (nSPS) is 13.5. The predicted molar refractivity (Wildman–Crippen MR) is 130 cm³/mol. The first-order chi connectivity index (χ1) is 16.4. The van der Waals surface area contributed by atoms with Crippen LogP contribution in [0.5, 0.6) is 0 Å². The summed E-state index contributed by atoms with van der Waals surface area (Å²) in [6.45, 7) is 4.97. The second-order valence-electron chi connectivity index (χ2n) is 8.55. The smallest absolute Gasteiger partial charge is 0.261 e. The number of benzene rings is 2. The first-order valence-corrected chi connectivity index (χ1v) is 12.0. The Hall–Kier alpha value is -3.48. The van der Waals surface area contributed by atoms with Gasteiger partial charge in [0.15, 0.2) is 0 Å². The standard InChI is InChI=1S/C27H33N3O4/c1-3-4-17-28-25(32)20(2)29(19-16-21-11-6-5-7-12-21)24(31)15-10-18-30-26(33)22-13-8-9-14-23(22)27(30)34/h5-9,11-14,20H,3-4,10,15-19H2,1-2H3,(H,28,32). The van der Waals surface area contributed by atoms with E-state index < -0.39 is 6.04 Å². The van der Waals surface area contributed by atoms with Crippen molar-refractivity contribution in [3.05, 3.63) is 71.3 Å². The lowest BCUT2D eigenvalue weighted by atomic mass is 10.1. The molecule has 2 aromatic carbocycles. The molecule has 1 unspecified atom stereocenters. The quantitative estimate of drug-likeness (QED) is 0.386. The molecular formula is C27H33N3O4. The Balaban J connectivity index is 1.60. The molecule has 1 aliphatic rings. The van der Waals surface area contributed by atoms with Gasteiger partial charge >= 0.3 is 0 Å². The van der Waals surface area contributed by atoms with Gasteiger partial charge in [-0.25, -0.2) is 0 Å². The molecule has 180 valence electrons. The summed E-state index contributed by atoms with van der Waals surface area (Å²) in [5, 5.41) is 2.91. The summed E-state index contributed by atoms with van der Waals surface area (Å²) in [5.74, 6) is -0.976. The Labute approximate surface area is 201 Å². The number of imide groups is 1. The Morgan fingerprint density at radius 2 is 1.56 bits per heavy atom. The fourth-order valence-corrected chi connectivity index (χ4v) is 4.08. The third-order valence-corrected chi connectivity index (χ3v) is 6.13. The van der Waals surface area contributed by atoms with Gasteiger partial charge in [0.05, 0.1) is 11.1 Å². The van der Waals surface area contributed by atoms with E-state index in [1.807, 2.05) is 30.3 Å². The molecule has 1 N–H and O–H groups in total. The van der Waals surface area contributed by atoms with Gasteiger partial charge in [0.2, 0.25) is 11.8 Å². The first-order valence-electron chi connectivity index (χ1n) is 12.0. The van der Waals surface area contributed by atoms with Gasteiger partial charge in [-0.15, -0.1) is 0 Å². The molecule has 0 saturated carbocycles. The molecule has 3 rings (SSSR count). The number of nitrogens with one attached hydrogen (secondary N) is 1. The number of amides is 4. The maximum Gasteiger partial charge on any atom is 0.261 e. The highest BCUT2D eigenvalue weighted by atomic mass is 16.2. The molecular weight excluding hydrogens is 430 g/mol. The summed E-state index contributed by atoms with van der Waals surface area (Å²) in [5.41, 5.74) is 1.89. The number of unbranched alkanes of at least 4 members (excludes halogenated alkanes) is 1. The highest BCUT2D eigenvalue weighted by Crippen LogP contribution is 2.22. The van der Waals surface area contributed by atoms with Crippen molar-refractivity contribution in [3.8, 4) is 0 Å².